The van der Waals surface area contributed by atoms with Crippen LogP contribution in [0.25, 0.3) is 0 Å². The minimum Gasteiger partial charge on any atom is -0.507 e. The zero-order valence-corrected chi connectivity index (χ0v) is 13.4. The van der Waals surface area contributed by atoms with Gasteiger partial charge in [0.1, 0.15) is 5.75 Å². The van der Waals surface area contributed by atoms with Crippen LogP contribution in [0.2, 0.25) is 0 Å². The lowest BCUT2D eigenvalue weighted by Gasteiger charge is -2.31. The van der Waals surface area contributed by atoms with Crippen molar-refractivity contribution in [2.75, 3.05) is 19.6 Å². The highest BCUT2D eigenvalue weighted by Gasteiger charge is 2.29. The zero-order valence-electron chi connectivity index (χ0n) is 13.4. The minimum absolute atomic E-state index is 0.117. The van der Waals surface area contributed by atoms with Gasteiger partial charge in [0.25, 0.3) is 11.5 Å². The smallest absolute Gasteiger partial charge is 0.256 e. The van der Waals surface area contributed by atoms with Crippen LogP contribution < -0.4 is 10.9 Å². The molecule has 23 heavy (non-hydrogen) atoms. The van der Waals surface area contributed by atoms with Crippen LogP contribution in [0.15, 0.2) is 17.1 Å². The van der Waals surface area contributed by atoms with Crippen LogP contribution in [-0.2, 0) is 0 Å². The SMILES string of the molecule is O=C(NC[C@H]1CCN(C2CCCCC2)C1)c1c[nH]c(=O)cc1O. The van der Waals surface area contributed by atoms with E-state index in [2.05, 4.69) is 15.2 Å². The Morgan fingerprint density at radius 1 is 1.30 bits per heavy atom. The maximum atomic E-state index is 12.1. The maximum Gasteiger partial charge on any atom is 0.256 e. The van der Waals surface area contributed by atoms with E-state index in [9.17, 15) is 14.7 Å². The molecule has 1 saturated heterocycles. The number of pyridine rings is 1. The number of aromatic nitrogens is 1. The van der Waals surface area contributed by atoms with E-state index in [-0.39, 0.29) is 17.2 Å². The van der Waals surface area contributed by atoms with Crippen molar-refractivity contribution in [3.63, 3.8) is 0 Å². The summed E-state index contributed by atoms with van der Waals surface area (Å²) < 4.78 is 0. The average molecular weight is 319 g/mol. The predicted octanol–water partition coefficient (Wildman–Crippen LogP) is 1.46. The summed E-state index contributed by atoms with van der Waals surface area (Å²) in [5.74, 6) is -0.151. The number of carbonyl (C=O) groups is 1. The fourth-order valence-corrected chi connectivity index (χ4v) is 3.78. The van der Waals surface area contributed by atoms with Crippen LogP contribution in [0.5, 0.6) is 5.75 Å². The van der Waals surface area contributed by atoms with Gasteiger partial charge < -0.3 is 20.3 Å². The molecule has 0 spiro atoms. The largest absolute Gasteiger partial charge is 0.507 e. The lowest BCUT2D eigenvalue weighted by Crippen LogP contribution is -2.36. The number of hydrogen-bond acceptors (Lipinski definition) is 4. The van der Waals surface area contributed by atoms with E-state index in [0.717, 1.165) is 31.6 Å². The van der Waals surface area contributed by atoms with E-state index in [1.165, 1.54) is 38.3 Å². The Hall–Kier alpha value is -1.82. The van der Waals surface area contributed by atoms with Crippen LogP contribution >= 0.6 is 0 Å². The molecule has 3 N–H and O–H groups in total. The number of H-pyrrole nitrogens is 1. The van der Waals surface area contributed by atoms with E-state index in [1.54, 1.807) is 0 Å². The first-order chi connectivity index (χ1) is 11.1. The maximum absolute atomic E-state index is 12.1. The van der Waals surface area contributed by atoms with Crippen LogP contribution in [0.3, 0.4) is 0 Å². The number of hydrogen-bond donors (Lipinski definition) is 3. The van der Waals surface area contributed by atoms with Crippen LogP contribution in [0.1, 0.15) is 48.9 Å². The molecule has 1 aromatic heterocycles. The van der Waals surface area contributed by atoms with Crippen molar-refractivity contribution in [2.24, 2.45) is 5.92 Å². The van der Waals surface area contributed by atoms with Gasteiger partial charge in [-0.3, -0.25) is 9.59 Å². The number of nitrogens with zero attached hydrogens (tertiary/aromatic N) is 1. The van der Waals surface area contributed by atoms with E-state index in [4.69, 9.17) is 0 Å². The number of aromatic hydroxyl groups is 1. The summed E-state index contributed by atoms with van der Waals surface area (Å²) in [4.78, 5) is 28.2. The standard InChI is InChI=1S/C17H25N3O3/c21-15-8-16(22)18-10-14(15)17(23)19-9-12-6-7-20(11-12)13-4-2-1-3-5-13/h8,10,12-13H,1-7,9,11H2,(H,19,23)(H2,18,21,22)/t12-/m1/s1. The van der Waals surface area contributed by atoms with Gasteiger partial charge in [-0.1, -0.05) is 19.3 Å². The quantitative estimate of drug-likeness (QED) is 0.784. The highest BCUT2D eigenvalue weighted by molar-refractivity contribution is 5.96. The average Bonchev–Trinajstić information content (AvgIpc) is 3.02. The first-order valence-electron chi connectivity index (χ1n) is 8.57. The van der Waals surface area contributed by atoms with Crippen LogP contribution in [0.4, 0.5) is 0 Å². The predicted molar refractivity (Wildman–Crippen MR) is 87.6 cm³/mol. The molecule has 126 valence electrons. The molecule has 2 aliphatic rings. The van der Waals surface area contributed by atoms with Crippen molar-refractivity contribution < 1.29 is 9.90 Å². The second-order valence-corrected chi connectivity index (χ2v) is 6.75. The molecule has 1 saturated carbocycles. The molecule has 0 bridgehead atoms. The molecule has 2 fully saturated rings. The second kappa shape index (κ2) is 7.17. The summed E-state index contributed by atoms with van der Waals surface area (Å²) in [5.41, 5.74) is -0.301. The third kappa shape index (κ3) is 3.93. The minimum atomic E-state index is -0.419. The van der Waals surface area contributed by atoms with Crippen LogP contribution in [0, 0.1) is 5.92 Å². The highest BCUT2D eigenvalue weighted by atomic mass is 16.3. The summed E-state index contributed by atoms with van der Waals surface area (Å²) in [6, 6.07) is 1.75. The molecule has 0 aromatic carbocycles. The highest BCUT2D eigenvalue weighted by Crippen LogP contribution is 2.27. The number of carbonyl (C=O) groups excluding carboxylic acids is 1. The van der Waals surface area contributed by atoms with Crippen molar-refractivity contribution in [3.05, 3.63) is 28.2 Å². The Morgan fingerprint density at radius 2 is 2.09 bits per heavy atom. The summed E-state index contributed by atoms with van der Waals surface area (Å²) in [5, 5.41) is 12.6. The van der Waals surface area contributed by atoms with Gasteiger partial charge in [-0.05, 0) is 31.7 Å². The van der Waals surface area contributed by atoms with E-state index >= 15 is 0 Å². The van der Waals surface area contributed by atoms with E-state index < -0.39 is 5.56 Å². The topological polar surface area (TPSA) is 85.4 Å². The van der Waals surface area contributed by atoms with Crippen molar-refractivity contribution in [1.82, 2.24) is 15.2 Å². The van der Waals surface area contributed by atoms with Gasteiger partial charge in [0, 0.05) is 31.4 Å². The first-order valence-corrected chi connectivity index (χ1v) is 8.57. The Balaban J connectivity index is 1.49. The normalized spacial score (nSPS) is 23.0. The number of rotatable bonds is 4. The van der Waals surface area contributed by atoms with Gasteiger partial charge in [-0.15, -0.1) is 0 Å². The molecule has 1 aliphatic heterocycles. The van der Waals surface area contributed by atoms with Crippen molar-refractivity contribution in [3.8, 4) is 5.75 Å². The number of nitrogens with one attached hydrogen (secondary N) is 2. The molecule has 6 nitrogen and oxygen atoms in total. The molecule has 2 heterocycles. The molecule has 1 atom stereocenters. The second-order valence-electron chi connectivity index (χ2n) is 6.75. The molecule has 1 aromatic rings. The monoisotopic (exact) mass is 319 g/mol. The summed E-state index contributed by atoms with van der Waals surface area (Å²) in [7, 11) is 0. The van der Waals surface area contributed by atoms with Gasteiger partial charge >= 0.3 is 0 Å². The summed E-state index contributed by atoms with van der Waals surface area (Å²) in [6.07, 6.45) is 9.04. The Bertz CT molecular complexity index is 607. The van der Waals surface area contributed by atoms with Crippen molar-refractivity contribution in [2.45, 2.75) is 44.6 Å². The van der Waals surface area contributed by atoms with Crippen LogP contribution in [-0.4, -0.2) is 46.6 Å². The molecule has 6 heteroatoms. The van der Waals surface area contributed by atoms with E-state index in [0.29, 0.717) is 12.5 Å². The number of likely N-dealkylation sites (tertiary alicyclic amines) is 1. The molecule has 1 amide bonds. The Kier molecular flexibility index (Phi) is 5.00. The summed E-state index contributed by atoms with van der Waals surface area (Å²) >= 11 is 0. The molecule has 1 aliphatic carbocycles. The van der Waals surface area contributed by atoms with Gasteiger partial charge in [-0.2, -0.15) is 0 Å². The lowest BCUT2D eigenvalue weighted by atomic mass is 9.94. The molecule has 3 rings (SSSR count). The third-order valence-corrected chi connectivity index (χ3v) is 5.11. The fourth-order valence-electron chi connectivity index (χ4n) is 3.78. The van der Waals surface area contributed by atoms with Crippen molar-refractivity contribution >= 4 is 5.91 Å². The lowest BCUT2D eigenvalue weighted by molar-refractivity contribution is 0.0943. The zero-order chi connectivity index (χ0) is 16.2. The number of aromatic amines is 1. The molecular weight excluding hydrogens is 294 g/mol. The van der Waals surface area contributed by atoms with Gasteiger partial charge in [0.2, 0.25) is 0 Å². The van der Waals surface area contributed by atoms with Gasteiger partial charge in [0.15, 0.2) is 0 Å². The van der Waals surface area contributed by atoms with Gasteiger partial charge in [-0.25, -0.2) is 0 Å². The van der Waals surface area contributed by atoms with E-state index in [1.807, 2.05) is 0 Å². The fraction of sp³-hybridized carbons (Fsp3) is 0.647. The Labute approximate surface area is 135 Å². The Morgan fingerprint density at radius 3 is 2.83 bits per heavy atom. The van der Waals surface area contributed by atoms with Crippen molar-refractivity contribution in [1.29, 1.82) is 0 Å². The first kappa shape index (κ1) is 16.1. The summed E-state index contributed by atoms with van der Waals surface area (Å²) in [6.45, 7) is 2.78. The molecular formula is C17H25N3O3. The van der Waals surface area contributed by atoms with Gasteiger partial charge in [0.05, 0.1) is 5.56 Å². The third-order valence-electron chi connectivity index (χ3n) is 5.11. The number of amides is 1. The molecule has 0 unspecified atom stereocenters. The molecule has 0 radical (unpaired) electrons.